The monoisotopic (exact) mass is 280 g/mol. The zero-order valence-electron chi connectivity index (χ0n) is 11.8. The Hall–Kier alpha value is -1.89. The second kappa shape index (κ2) is 6.51. The Balaban J connectivity index is 2.15. The number of rotatable bonds is 5. The molecule has 0 saturated carbocycles. The number of anilines is 1. The lowest BCUT2D eigenvalue weighted by Crippen LogP contribution is -2.39. The number of hydrogen-bond acceptors (Lipinski definition) is 6. The summed E-state index contributed by atoms with van der Waals surface area (Å²) in [6, 6.07) is 3.02. The summed E-state index contributed by atoms with van der Waals surface area (Å²) in [7, 11) is 1.49. The molecule has 110 valence electrons. The Morgan fingerprint density at radius 2 is 2.40 bits per heavy atom. The van der Waals surface area contributed by atoms with E-state index in [9.17, 15) is 10.1 Å². The van der Waals surface area contributed by atoms with Crippen LogP contribution in [0, 0.1) is 16.0 Å². The van der Waals surface area contributed by atoms with E-state index in [4.69, 9.17) is 4.74 Å². The highest BCUT2D eigenvalue weighted by atomic mass is 16.6. The number of aromatic nitrogens is 1. The van der Waals surface area contributed by atoms with E-state index in [0.717, 1.165) is 25.9 Å². The maximum Gasteiger partial charge on any atom is 0.311 e. The molecule has 7 heteroatoms. The fourth-order valence-corrected chi connectivity index (χ4v) is 2.44. The lowest BCUT2D eigenvalue weighted by Gasteiger charge is -2.29. The number of nitro groups is 1. The zero-order valence-corrected chi connectivity index (χ0v) is 11.8. The molecule has 2 atom stereocenters. The molecular weight excluding hydrogens is 260 g/mol. The van der Waals surface area contributed by atoms with E-state index in [1.165, 1.54) is 19.2 Å². The van der Waals surface area contributed by atoms with Crippen LogP contribution in [0.1, 0.15) is 19.8 Å². The van der Waals surface area contributed by atoms with E-state index < -0.39 is 4.92 Å². The first-order valence-corrected chi connectivity index (χ1v) is 6.78. The van der Waals surface area contributed by atoms with Gasteiger partial charge in [-0.3, -0.25) is 10.1 Å². The predicted molar refractivity (Wildman–Crippen MR) is 76.1 cm³/mol. The summed E-state index contributed by atoms with van der Waals surface area (Å²) in [5.41, 5.74) is -0.0265. The summed E-state index contributed by atoms with van der Waals surface area (Å²) >= 11 is 0. The Bertz CT molecular complexity index is 475. The quantitative estimate of drug-likeness (QED) is 0.631. The summed E-state index contributed by atoms with van der Waals surface area (Å²) in [5.74, 6) is 1.08. The zero-order chi connectivity index (χ0) is 14.5. The highest BCUT2D eigenvalue weighted by Crippen LogP contribution is 2.27. The van der Waals surface area contributed by atoms with Gasteiger partial charge < -0.3 is 15.4 Å². The molecule has 0 amide bonds. The number of ether oxygens (including phenoxy) is 1. The average Bonchev–Trinajstić information content (AvgIpc) is 2.47. The minimum atomic E-state index is -0.430. The lowest BCUT2D eigenvalue weighted by molar-refractivity contribution is -0.384. The molecule has 1 aromatic rings. The molecule has 2 rings (SSSR count). The Morgan fingerprint density at radius 1 is 1.60 bits per heavy atom. The van der Waals surface area contributed by atoms with Crippen LogP contribution in [0.15, 0.2) is 12.1 Å². The van der Waals surface area contributed by atoms with Crippen LogP contribution in [0.5, 0.6) is 5.88 Å². The standard InChI is InChI=1S/C13H20N4O3/c1-9(10-4-3-7-14-8-10)15-13-11(17(18)19)5-6-12(16-13)20-2/h5-6,9-10,14H,3-4,7-8H2,1-2H3,(H,15,16). The minimum Gasteiger partial charge on any atom is -0.481 e. The van der Waals surface area contributed by atoms with E-state index in [-0.39, 0.29) is 17.5 Å². The molecule has 1 aromatic heterocycles. The molecule has 1 fully saturated rings. The normalized spacial score (nSPS) is 20.2. The van der Waals surface area contributed by atoms with Crippen molar-refractivity contribution in [1.82, 2.24) is 10.3 Å². The maximum atomic E-state index is 11.1. The molecule has 2 unspecified atom stereocenters. The predicted octanol–water partition coefficient (Wildman–Crippen LogP) is 1.80. The first-order valence-electron chi connectivity index (χ1n) is 6.78. The molecule has 1 saturated heterocycles. The summed E-state index contributed by atoms with van der Waals surface area (Å²) in [6.45, 7) is 4.00. The van der Waals surface area contributed by atoms with Crippen molar-refractivity contribution >= 4 is 11.5 Å². The van der Waals surface area contributed by atoms with Gasteiger partial charge in [0.2, 0.25) is 11.7 Å². The summed E-state index contributed by atoms with van der Waals surface area (Å²) in [5, 5.41) is 17.6. The van der Waals surface area contributed by atoms with Gasteiger partial charge in [-0.25, -0.2) is 0 Å². The molecule has 0 spiro atoms. The van der Waals surface area contributed by atoms with Crippen LogP contribution < -0.4 is 15.4 Å². The third kappa shape index (κ3) is 3.36. The van der Waals surface area contributed by atoms with E-state index in [2.05, 4.69) is 15.6 Å². The summed E-state index contributed by atoms with van der Waals surface area (Å²) in [6.07, 6.45) is 2.24. The molecule has 2 heterocycles. The van der Waals surface area contributed by atoms with Gasteiger partial charge >= 0.3 is 5.69 Å². The third-order valence-corrected chi connectivity index (χ3v) is 3.66. The van der Waals surface area contributed by atoms with Crippen LogP contribution >= 0.6 is 0 Å². The molecule has 20 heavy (non-hydrogen) atoms. The Kier molecular flexibility index (Phi) is 4.73. The van der Waals surface area contributed by atoms with Gasteiger partial charge in [-0.2, -0.15) is 4.98 Å². The van der Waals surface area contributed by atoms with Crippen LogP contribution in [0.25, 0.3) is 0 Å². The highest BCUT2D eigenvalue weighted by molar-refractivity contribution is 5.57. The first-order chi connectivity index (χ1) is 9.61. The van der Waals surface area contributed by atoms with Gasteiger partial charge in [0, 0.05) is 18.2 Å². The molecule has 0 bridgehead atoms. The average molecular weight is 280 g/mol. The van der Waals surface area contributed by atoms with Crippen molar-refractivity contribution < 1.29 is 9.66 Å². The Morgan fingerprint density at radius 3 is 3.00 bits per heavy atom. The van der Waals surface area contributed by atoms with E-state index in [1.807, 2.05) is 6.92 Å². The van der Waals surface area contributed by atoms with E-state index >= 15 is 0 Å². The van der Waals surface area contributed by atoms with Gasteiger partial charge in [0.1, 0.15) is 0 Å². The van der Waals surface area contributed by atoms with Gasteiger partial charge in [0.15, 0.2) is 0 Å². The SMILES string of the molecule is COc1ccc([N+](=O)[O-])c(NC(C)C2CCCNC2)n1. The Labute approximate surface area is 117 Å². The van der Waals surface area contributed by atoms with E-state index in [0.29, 0.717) is 11.8 Å². The van der Waals surface area contributed by atoms with Crippen molar-refractivity contribution in [3.05, 3.63) is 22.2 Å². The first kappa shape index (κ1) is 14.5. The van der Waals surface area contributed by atoms with Gasteiger partial charge in [0.05, 0.1) is 12.0 Å². The second-order valence-corrected chi connectivity index (χ2v) is 5.02. The largest absolute Gasteiger partial charge is 0.481 e. The molecule has 1 aliphatic heterocycles. The van der Waals surface area contributed by atoms with Crippen LogP contribution in [0.3, 0.4) is 0 Å². The van der Waals surface area contributed by atoms with Gasteiger partial charge in [-0.05, 0) is 38.8 Å². The van der Waals surface area contributed by atoms with Gasteiger partial charge in [-0.1, -0.05) is 0 Å². The van der Waals surface area contributed by atoms with Crippen molar-refractivity contribution in [2.24, 2.45) is 5.92 Å². The molecule has 0 aliphatic carbocycles. The smallest absolute Gasteiger partial charge is 0.311 e. The molecule has 0 radical (unpaired) electrons. The molecule has 7 nitrogen and oxygen atoms in total. The fourth-order valence-electron chi connectivity index (χ4n) is 2.44. The number of hydrogen-bond donors (Lipinski definition) is 2. The van der Waals surface area contributed by atoms with Crippen LogP contribution in [-0.2, 0) is 0 Å². The number of nitrogens with zero attached hydrogens (tertiary/aromatic N) is 2. The molecule has 1 aliphatic rings. The van der Waals surface area contributed by atoms with Crippen molar-refractivity contribution in [2.45, 2.75) is 25.8 Å². The number of piperidine rings is 1. The van der Waals surface area contributed by atoms with Crippen LogP contribution in [0.4, 0.5) is 11.5 Å². The molecule has 2 N–H and O–H groups in total. The van der Waals surface area contributed by atoms with Crippen molar-refractivity contribution in [2.75, 3.05) is 25.5 Å². The summed E-state index contributed by atoms with van der Waals surface area (Å²) < 4.78 is 5.03. The van der Waals surface area contributed by atoms with Crippen molar-refractivity contribution in [3.63, 3.8) is 0 Å². The summed E-state index contributed by atoms with van der Waals surface area (Å²) in [4.78, 5) is 14.8. The lowest BCUT2D eigenvalue weighted by atomic mass is 9.93. The van der Waals surface area contributed by atoms with Gasteiger partial charge in [0.25, 0.3) is 0 Å². The van der Waals surface area contributed by atoms with Gasteiger partial charge in [-0.15, -0.1) is 0 Å². The maximum absolute atomic E-state index is 11.1. The van der Waals surface area contributed by atoms with E-state index in [1.54, 1.807) is 0 Å². The topological polar surface area (TPSA) is 89.3 Å². The van der Waals surface area contributed by atoms with Crippen LogP contribution in [-0.4, -0.2) is 36.1 Å². The molecule has 0 aromatic carbocycles. The fraction of sp³-hybridized carbons (Fsp3) is 0.615. The van der Waals surface area contributed by atoms with Crippen LogP contribution in [0.2, 0.25) is 0 Å². The third-order valence-electron chi connectivity index (χ3n) is 3.66. The number of methoxy groups -OCH3 is 1. The second-order valence-electron chi connectivity index (χ2n) is 5.02. The van der Waals surface area contributed by atoms with Crippen molar-refractivity contribution in [3.8, 4) is 5.88 Å². The highest BCUT2D eigenvalue weighted by Gasteiger charge is 2.24. The molecular formula is C13H20N4O3. The minimum absolute atomic E-state index is 0.0265. The number of pyridine rings is 1. The van der Waals surface area contributed by atoms with Crippen molar-refractivity contribution in [1.29, 1.82) is 0 Å². The number of nitrogens with one attached hydrogen (secondary N) is 2.